The largest absolute Gasteiger partial charge is 0.478 e. The molecule has 0 bridgehead atoms. The molecule has 28 heteroatoms. The van der Waals surface area contributed by atoms with E-state index in [2.05, 4.69) is 31.9 Å². The van der Waals surface area contributed by atoms with Gasteiger partial charge in [-0.15, -0.1) is 0 Å². The number of nitrogens with two attached hydrogens (primary N) is 1. The number of carboxylic acids is 1. The summed E-state index contributed by atoms with van der Waals surface area (Å²) >= 11 is 0. The predicted molar refractivity (Wildman–Crippen MR) is 355 cm³/mol. The van der Waals surface area contributed by atoms with E-state index in [1.165, 1.54) is 62.6 Å². The molecule has 2 aliphatic heterocycles. The van der Waals surface area contributed by atoms with Crippen LogP contribution in [-0.4, -0.2) is 204 Å². The quantitative estimate of drug-likeness (QED) is 0.0334. The highest BCUT2D eigenvalue weighted by molar-refractivity contribution is 6.12. The van der Waals surface area contributed by atoms with Gasteiger partial charge < -0.3 is 71.9 Å². The summed E-state index contributed by atoms with van der Waals surface area (Å²) in [5, 5.41) is 37.6. The number of carbonyl (C=O) groups excluding carboxylic acids is 11. The summed E-state index contributed by atoms with van der Waals surface area (Å²) in [5.74, 6) is -8.60. The first-order chi connectivity index (χ1) is 45.3. The number of urea groups is 1. The smallest absolute Gasteiger partial charge is 0.411 e. The maximum Gasteiger partial charge on any atom is 0.411 e. The van der Waals surface area contributed by atoms with Crippen molar-refractivity contribution in [3.8, 4) is 0 Å². The molecule has 1 saturated heterocycles. The number of amides is 12. The number of anilines is 1. The van der Waals surface area contributed by atoms with E-state index < -0.39 is 150 Å². The molecule has 96 heavy (non-hydrogen) atoms. The molecule has 4 rings (SSSR count). The molecule has 0 aliphatic carbocycles. The first-order valence-corrected chi connectivity index (χ1v) is 32.9. The molecular weight excluding hydrogens is 1240 g/mol. The predicted octanol–water partition coefficient (Wildman–Crippen LogP) is 4.31. The average Bonchev–Trinajstić information content (AvgIpc) is 1.34. The summed E-state index contributed by atoms with van der Waals surface area (Å²) in [5.41, 5.74) is 5.99. The van der Waals surface area contributed by atoms with E-state index in [0.717, 1.165) is 9.80 Å². The second-order valence-electron chi connectivity index (χ2n) is 26.1. The maximum atomic E-state index is 14.7. The summed E-state index contributed by atoms with van der Waals surface area (Å²) in [4.78, 5) is 165. The number of benzene rings is 2. The van der Waals surface area contributed by atoms with Gasteiger partial charge in [-0.2, -0.15) is 0 Å². The first-order valence-electron chi connectivity index (χ1n) is 32.9. The van der Waals surface area contributed by atoms with Crippen LogP contribution >= 0.6 is 0 Å². The van der Waals surface area contributed by atoms with Crippen molar-refractivity contribution >= 4 is 76.9 Å². The SMILES string of the molecule is CO[C@H]([C@@H](C)C(=O)N[C@H](C)[C@@H](O)c1ccccc1)[C@@H]1CCCN1C(=O)C[C@@H](OC)[C@H](C(C)C)N(C)C(=O)[C@@H](NC(=O)[C@H](C(C)C)N(C)C(=O)OC(C(=O)O)c1ccc(NC(=O)[C@H](CCCNC(N)=O)NC(=O)[C@@H](NC(=O)CCCCCN2C(=O)C=CC2=O)C(C)C)cc1)C(C)C. The second kappa shape index (κ2) is 38.3. The van der Waals surface area contributed by atoms with Crippen molar-refractivity contribution in [2.75, 3.05) is 53.3 Å². The number of rotatable bonds is 38. The molecule has 532 valence electrons. The van der Waals surface area contributed by atoms with Crippen molar-refractivity contribution < 1.29 is 82.0 Å². The number of likely N-dealkylation sites (tertiary alicyclic amines) is 1. The van der Waals surface area contributed by atoms with Gasteiger partial charge in [0.25, 0.3) is 11.8 Å². The van der Waals surface area contributed by atoms with E-state index in [1.807, 2.05) is 19.9 Å². The monoisotopic (exact) mass is 1350 g/mol. The zero-order valence-corrected chi connectivity index (χ0v) is 58.0. The molecule has 2 aromatic carbocycles. The summed E-state index contributed by atoms with van der Waals surface area (Å²) in [7, 11) is 5.77. The zero-order valence-electron chi connectivity index (χ0n) is 58.0. The molecular formula is C68H103N11O17. The Labute approximate surface area is 563 Å². The highest BCUT2D eigenvalue weighted by Gasteiger charge is 2.44. The molecule has 0 aromatic heterocycles. The zero-order chi connectivity index (χ0) is 71.8. The number of nitrogens with one attached hydrogen (secondary N) is 6. The van der Waals surface area contributed by atoms with Crippen molar-refractivity contribution in [3.63, 3.8) is 0 Å². The van der Waals surface area contributed by atoms with Gasteiger partial charge in [0.05, 0.1) is 48.8 Å². The number of nitrogens with zero attached hydrogens (tertiary/aromatic N) is 4. The van der Waals surface area contributed by atoms with E-state index in [4.69, 9.17) is 19.9 Å². The number of aliphatic hydroxyl groups excluding tert-OH is 1. The number of hydrogen-bond acceptors (Lipinski definition) is 16. The molecule has 10 N–H and O–H groups in total. The van der Waals surface area contributed by atoms with Gasteiger partial charge in [-0.05, 0) is 86.8 Å². The van der Waals surface area contributed by atoms with Crippen LogP contribution in [0.2, 0.25) is 0 Å². The third-order valence-corrected chi connectivity index (χ3v) is 17.5. The number of methoxy groups -OCH3 is 2. The topological polar surface area (TPSA) is 384 Å². The summed E-state index contributed by atoms with van der Waals surface area (Å²) in [6.07, 6.45) is -0.499. The van der Waals surface area contributed by atoms with E-state index in [9.17, 15) is 67.7 Å². The fourth-order valence-electron chi connectivity index (χ4n) is 12.2. The Kier molecular flexibility index (Phi) is 31.9. The molecule has 0 saturated carbocycles. The van der Waals surface area contributed by atoms with Gasteiger partial charge in [0, 0.05) is 77.8 Å². The molecule has 0 radical (unpaired) electrons. The lowest BCUT2D eigenvalue weighted by Crippen LogP contribution is -2.60. The number of carboxylic acid groups (broad SMARTS) is 1. The highest BCUT2D eigenvalue weighted by Crippen LogP contribution is 2.31. The number of carbonyl (C=O) groups is 12. The van der Waals surface area contributed by atoms with Crippen molar-refractivity contribution in [3.05, 3.63) is 77.9 Å². The minimum Gasteiger partial charge on any atom is -0.478 e. The van der Waals surface area contributed by atoms with Gasteiger partial charge in [0.15, 0.2) is 0 Å². The van der Waals surface area contributed by atoms with Gasteiger partial charge in [0.2, 0.25) is 47.5 Å². The first kappa shape index (κ1) is 79.9. The van der Waals surface area contributed by atoms with Crippen LogP contribution in [0.5, 0.6) is 0 Å². The Morgan fingerprint density at radius 1 is 0.677 bits per heavy atom. The van der Waals surface area contributed by atoms with E-state index in [1.54, 1.807) is 91.6 Å². The molecule has 2 aromatic rings. The number of hydrogen-bond donors (Lipinski definition) is 9. The summed E-state index contributed by atoms with van der Waals surface area (Å²) in [6.45, 7) is 18.0. The number of aliphatic hydroxyl groups is 1. The minimum absolute atomic E-state index is 0.00173. The van der Waals surface area contributed by atoms with Crippen LogP contribution in [0.25, 0.3) is 0 Å². The highest BCUT2D eigenvalue weighted by atomic mass is 16.6. The number of aliphatic carboxylic acids is 1. The minimum atomic E-state index is -1.92. The Bertz CT molecular complexity index is 3000. The van der Waals surface area contributed by atoms with Crippen LogP contribution in [0.3, 0.4) is 0 Å². The number of ether oxygens (including phenoxy) is 3. The van der Waals surface area contributed by atoms with Crippen LogP contribution in [0, 0.1) is 29.6 Å². The number of imide groups is 1. The molecule has 2 aliphatic rings. The van der Waals surface area contributed by atoms with Crippen LogP contribution in [0.4, 0.5) is 15.3 Å². The van der Waals surface area contributed by atoms with Crippen LogP contribution in [0.1, 0.15) is 150 Å². The molecule has 2 heterocycles. The van der Waals surface area contributed by atoms with Crippen molar-refractivity contribution in [2.45, 2.75) is 194 Å². The maximum absolute atomic E-state index is 14.7. The van der Waals surface area contributed by atoms with Gasteiger partial charge in [-0.25, -0.2) is 14.4 Å². The number of primary amides is 1. The standard InChI is InChI=1S/C68H103N11O17/c1-38(2)54(74-50(80)27-19-16-20-35-79-51(81)32-33-52(79)82)63(87)73-47(25-21-34-70-67(69)92)62(86)72-46-30-28-45(29-31-46)60(66(90)91)96-68(93)77(12)57(41(7)8)64(88)75-55(39(3)4)65(89)76(11)56(40(5)6)49(94-13)37-53(83)78-36-22-26-48(78)59(95-14)42(9)61(85)71-43(10)58(84)44-23-17-15-18-24-44/h15,17-18,23-24,28-33,38-43,47-49,54-60,84H,16,19-22,25-27,34-37H2,1-14H3,(H,71,85)(H,72,86)(H,73,87)(H,74,80)(H,75,88)(H,90,91)(H3,69,70,92)/t42-,43-,47+,48+,49-,54+,55+,56+,57+,58-,59-,60?/m1/s1. The summed E-state index contributed by atoms with van der Waals surface area (Å²) in [6, 6.07) is 6.91. The Balaban J connectivity index is 1.42. The van der Waals surface area contributed by atoms with E-state index in [-0.39, 0.29) is 67.8 Å². The molecule has 12 atom stereocenters. The number of unbranched alkanes of at least 4 members (excludes halogenated alkanes) is 2. The lowest BCUT2D eigenvalue weighted by atomic mass is 9.91. The van der Waals surface area contributed by atoms with Crippen molar-refractivity contribution in [1.82, 2.24) is 46.2 Å². The average molecular weight is 1350 g/mol. The summed E-state index contributed by atoms with van der Waals surface area (Å²) < 4.78 is 17.5. The molecule has 0 spiro atoms. The number of likely N-dealkylation sites (N-methyl/N-ethyl adjacent to an activating group) is 2. The van der Waals surface area contributed by atoms with Crippen LogP contribution in [-0.2, 0) is 62.2 Å². The molecule has 12 amide bonds. The Hall–Kier alpha value is -8.50. The Morgan fingerprint density at radius 2 is 1.30 bits per heavy atom. The molecule has 1 unspecified atom stereocenters. The van der Waals surface area contributed by atoms with E-state index in [0.29, 0.717) is 44.2 Å². The van der Waals surface area contributed by atoms with E-state index >= 15 is 0 Å². The lowest BCUT2D eigenvalue weighted by Gasteiger charge is -2.40. The molecule has 1 fully saturated rings. The normalized spacial score (nSPS) is 17.3. The van der Waals surface area contributed by atoms with Gasteiger partial charge in [-0.3, -0.25) is 53.0 Å². The third-order valence-electron chi connectivity index (χ3n) is 17.5. The third kappa shape index (κ3) is 22.8. The lowest BCUT2D eigenvalue weighted by molar-refractivity contribution is -0.148. The van der Waals surface area contributed by atoms with Gasteiger partial charge in [-0.1, -0.05) is 111 Å². The fourth-order valence-corrected chi connectivity index (χ4v) is 12.2. The van der Waals surface area contributed by atoms with Crippen molar-refractivity contribution in [1.29, 1.82) is 0 Å². The van der Waals surface area contributed by atoms with Crippen LogP contribution in [0.15, 0.2) is 66.7 Å². The van der Waals surface area contributed by atoms with Gasteiger partial charge >= 0.3 is 18.1 Å². The molecule has 28 nitrogen and oxygen atoms in total. The fraction of sp³-hybridized carbons (Fsp3) is 0.618. The van der Waals surface area contributed by atoms with Gasteiger partial charge in [0.1, 0.15) is 24.2 Å². The van der Waals surface area contributed by atoms with Crippen LogP contribution < -0.4 is 37.6 Å². The Morgan fingerprint density at radius 3 is 1.85 bits per heavy atom. The second-order valence-corrected chi connectivity index (χ2v) is 26.1. The van der Waals surface area contributed by atoms with Crippen molar-refractivity contribution in [2.24, 2.45) is 35.3 Å².